The fourth-order valence-corrected chi connectivity index (χ4v) is 5.13. The minimum atomic E-state index is -0.262. The molecule has 1 aliphatic heterocycles. The number of rotatable bonds is 5. The van der Waals surface area contributed by atoms with E-state index in [1.165, 1.54) is 12.1 Å². The summed E-state index contributed by atoms with van der Waals surface area (Å²) >= 11 is 0. The number of ether oxygens (including phenoxy) is 1. The van der Waals surface area contributed by atoms with Gasteiger partial charge in [0.05, 0.1) is 31.1 Å². The summed E-state index contributed by atoms with van der Waals surface area (Å²) in [4.78, 5) is 15.8. The summed E-state index contributed by atoms with van der Waals surface area (Å²) in [6, 6.07) is 12.9. The van der Waals surface area contributed by atoms with Gasteiger partial charge in [0.25, 0.3) is 5.56 Å². The molecule has 1 N–H and O–H groups in total. The zero-order valence-corrected chi connectivity index (χ0v) is 20.5. The zero-order chi connectivity index (χ0) is 25.0. The van der Waals surface area contributed by atoms with Crippen LogP contribution in [0.1, 0.15) is 41.1 Å². The van der Waals surface area contributed by atoms with Crippen LogP contribution in [0.5, 0.6) is 0 Å². The van der Waals surface area contributed by atoms with Gasteiger partial charge >= 0.3 is 0 Å². The van der Waals surface area contributed by atoms with Crippen molar-refractivity contribution in [3.63, 3.8) is 0 Å². The number of halogens is 1. The van der Waals surface area contributed by atoms with Crippen molar-refractivity contribution < 1.29 is 9.13 Å². The number of fused-ring (bicyclic) bond motifs is 1. The van der Waals surface area contributed by atoms with E-state index in [-0.39, 0.29) is 23.3 Å². The Bertz CT molecular complexity index is 1640. The minimum Gasteiger partial charge on any atom is -0.377 e. The van der Waals surface area contributed by atoms with Crippen LogP contribution in [0.3, 0.4) is 0 Å². The Hall–Kier alpha value is -3.97. The number of pyridine rings is 1. The minimum absolute atomic E-state index is 0.0472. The first-order valence-corrected chi connectivity index (χ1v) is 12.1. The number of benzene rings is 2. The van der Waals surface area contributed by atoms with E-state index in [2.05, 4.69) is 43.1 Å². The first-order chi connectivity index (χ1) is 17.4. The van der Waals surface area contributed by atoms with Gasteiger partial charge in [-0.1, -0.05) is 25.1 Å². The predicted molar refractivity (Wildman–Crippen MR) is 138 cm³/mol. The van der Waals surface area contributed by atoms with E-state index in [4.69, 9.17) is 4.74 Å². The smallest absolute Gasteiger partial charge is 0.272 e. The van der Waals surface area contributed by atoms with Gasteiger partial charge in [0.15, 0.2) is 0 Å². The number of aryl methyl sites for hydroxylation is 1. The Balaban J connectivity index is 1.66. The maximum atomic E-state index is 13.7. The molecule has 1 unspecified atom stereocenters. The summed E-state index contributed by atoms with van der Waals surface area (Å²) in [7, 11) is 0. The van der Waals surface area contributed by atoms with Gasteiger partial charge in [-0.2, -0.15) is 5.10 Å². The zero-order valence-electron chi connectivity index (χ0n) is 20.5. The number of hydrogen-bond donors (Lipinski definition) is 1. The lowest BCUT2D eigenvalue weighted by atomic mass is 9.85. The largest absolute Gasteiger partial charge is 0.377 e. The quantitative estimate of drug-likeness (QED) is 0.352. The molecule has 6 nitrogen and oxygen atoms in total. The van der Waals surface area contributed by atoms with E-state index in [0.29, 0.717) is 18.7 Å². The summed E-state index contributed by atoms with van der Waals surface area (Å²) in [5.74, 6) is -0.309. The number of aromatic amines is 1. The molecule has 5 aromatic rings. The van der Waals surface area contributed by atoms with Crippen molar-refractivity contribution in [2.45, 2.75) is 32.7 Å². The normalized spacial score (nSPS) is 14.8. The Morgan fingerprint density at radius 3 is 2.64 bits per heavy atom. The second-order valence-electron chi connectivity index (χ2n) is 9.60. The van der Waals surface area contributed by atoms with Crippen molar-refractivity contribution in [2.75, 3.05) is 13.2 Å². The molecule has 0 bridgehead atoms. The number of nitrogens with zero attached hydrogens (tertiary/aromatic N) is 3. The lowest BCUT2D eigenvalue weighted by molar-refractivity contribution is -0.0286. The van der Waals surface area contributed by atoms with Gasteiger partial charge in [-0.15, -0.1) is 0 Å². The molecule has 1 atom stereocenters. The van der Waals surface area contributed by atoms with Crippen molar-refractivity contribution in [3.05, 3.63) is 106 Å². The topological polar surface area (TPSA) is 64.8 Å². The van der Waals surface area contributed by atoms with Crippen molar-refractivity contribution >= 4 is 10.9 Å². The third-order valence-corrected chi connectivity index (χ3v) is 7.42. The van der Waals surface area contributed by atoms with Gasteiger partial charge in [-0.3, -0.25) is 9.48 Å². The second kappa shape index (κ2) is 8.60. The third-order valence-electron chi connectivity index (χ3n) is 7.42. The molecule has 0 radical (unpaired) electrons. The fourth-order valence-electron chi connectivity index (χ4n) is 5.13. The summed E-state index contributed by atoms with van der Waals surface area (Å²) in [6.45, 7) is 7.65. The monoisotopic (exact) mass is 482 g/mol. The molecule has 0 saturated carbocycles. The lowest BCUT2D eigenvalue weighted by Crippen LogP contribution is -2.30. The molecule has 182 valence electrons. The number of aromatic nitrogens is 4. The first kappa shape index (κ1) is 22.5. The third kappa shape index (κ3) is 3.58. The molecule has 4 heterocycles. The summed E-state index contributed by atoms with van der Waals surface area (Å²) in [6.07, 6.45) is 7.59. The van der Waals surface area contributed by atoms with Crippen LogP contribution >= 0.6 is 0 Å². The average molecular weight is 483 g/mol. The molecule has 7 heteroatoms. The van der Waals surface area contributed by atoms with Crippen LogP contribution in [0, 0.1) is 19.7 Å². The molecule has 0 aliphatic carbocycles. The summed E-state index contributed by atoms with van der Waals surface area (Å²) < 4.78 is 23.0. The lowest BCUT2D eigenvalue weighted by Gasteiger charge is -2.26. The highest BCUT2D eigenvalue weighted by molar-refractivity contribution is 5.86. The molecule has 3 aromatic heterocycles. The van der Waals surface area contributed by atoms with Crippen LogP contribution in [0.15, 0.2) is 72.0 Å². The van der Waals surface area contributed by atoms with Gasteiger partial charge in [0.1, 0.15) is 11.3 Å². The number of H-pyrrole nitrogens is 1. The molecule has 0 amide bonds. The Morgan fingerprint density at radius 1 is 1.14 bits per heavy atom. The van der Waals surface area contributed by atoms with Crippen LogP contribution in [-0.4, -0.2) is 32.5 Å². The van der Waals surface area contributed by atoms with Crippen molar-refractivity contribution in [1.82, 2.24) is 19.3 Å². The summed E-state index contributed by atoms with van der Waals surface area (Å²) in [5.41, 5.74) is 7.72. The highest BCUT2D eigenvalue weighted by Gasteiger charge is 2.26. The van der Waals surface area contributed by atoms with Crippen molar-refractivity contribution in [3.8, 4) is 16.8 Å². The van der Waals surface area contributed by atoms with E-state index >= 15 is 0 Å². The Kier molecular flexibility index (Phi) is 5.38. The second-order valence-corrected chi connectivity index (χ2v) is 9.60. The van der Waals surface area contributed by atoms with E-state index in [1.807, 2.05) is 45.9 Å². The van der Waals surface area contributed by atoms with Gasteiger partial charge in [0, 0.05) is 41.0 Å². The van der Waals surface area contributed by atoms with Crippen LogP contribution in [0.2, 0.25) is 0 Å². The van der Waals surface area contributed by atoms with Crippen LogP contribution < -0.4 is 5.56 Å². The highest BCUT2D eigenvalue weighted by atomic mass is 19.1. The number of nitrogens with one attached hydrogen (secondary N) is 1. The fraction of sp³-hybridized carbons (Fsp3) is 0.241. The standard InChI is InChI=1S/C29H27FN4O2/c1-17-12-25(19(3)20-4-6-23(30)7-5-20)28(33-11-9-21-8-10-31-29(35)27(21)33)26(18(17)2)22-13-32-34(14-22)24-15-36-16-24/h4-14,19,24H,15-16H2,1-3H3,(H,31,35). The van der Waals surface area contributed by atoms with E-state index in [9.17, 15) is 9.18 Å². The molecule has 1 aliphatic rings. The molecular formula is C29H27FN4O2. The Labute approximate surface area is 208 Å². The predicted octanol–water partition coefficient (Wildman–Crippen LogP) is 5.66. The average Bonchev–Trinajstić information content (AvgIpc) is 3.48. The van der Waals surface area contributed by atoms with Gasteiger partial charge in [-0.25, -0.2) is 4.39 Å². The van der Waals surface area contributed by atoms with Gasteiger partial charge in [-0.05, 0) is 60.4 Å². The molecular weight excluding hydrogens is 455 g/mol. The van der Waals surface area contributed by atoms with Gasteiger partial charge < -0.3 is 14.3 Å². The molecule has 1 saturated heterocycles. The van der Waals surface area contributed by atoms with E-state index in [0.717, 1.165) is 44.5 Å². The van der Waals surface area contributed by atoms with Crippen LogP contribution in [0.25, 0.3) is 27.7 Å². The maximum Gasteiger partial charge on any atom is 0.272 e. The first-order valence-electron chi connectivity index (χ1n) is 12.1. The Morgan fingerprint density at radius 2 is 1.92 bits per heavy atom. The molecule has 2 aromatic carbocycles. The molecule has 0 spiro atoms. The van der Waals surface area contributed by atoms with Crippen molar-refractivity contribution in [2.24, 2.45) is 0 Å². The maximum absolute atomic E-state index is 13.7. The highest BCUT2D eigenvalue weighted by Crippen LogP contribution is 2.41. The van der Waals surface area contributed by atoms with Crippen molar-refractivity contribution in [1.29, 1.82) is 0 Å². The SMILES string of the molecule is Cc1cc(C(C)c2ccc(F)cc2)c(-n2ccc3cc[nH]c(=O)c32)c(-c2cnn(C3COC3)c2)c1C. The van der Waals surface area contributed by atoms with E-state index in [1.54, 1.807) is 6.20 Å². The van der Waals surface area contributed by atoms with Crippen LogP contribution in [-0.2, 0) is 4.74 Å². The van der Waals surface area contributed by atoms with Gasteiger partial charge in [0.2, 0.25) is 0 Å². The number of hydrogen-bond acceptors (Lipinski definition) is 3. The van der Waals surface area contributed by atoms with E-state index < -0.39 is 0 Å². The molecule has 6 rings (SSSR count). The molecule has 36 heavy (non-hydrogen) atoms. The summed E-state index contributed by atoms with van der Waals surface area (Å²) in [5, 5.41) is 5.51. The molecule has 1 fully saturated rings. The van der Waals surface area contributed by atoms with Crippen LogP contribution in [0.4, 0.5) is 4.39 Å².